The molecule has 33 heavy (non-hydrogen) atoms. The van der Waals surface area contributed by atoms with Gasteiger partial charge in [0.1, 0.15) is 29.2 Å². The van der Waals surface area contributed by atoms with Gasteiger partial charge in [-0.3, -0.25) is 14.7 Å². The van der Waals surface area contributed by atoms with Gasteiger partial charge < -0.3 is 24.9 Å². The molecule has 12 heteroatoms. The van der Waals surface area contributed by atoms with Crippen molar-refractivity contribution in [2.24, 2.45) is 0 Å². The smallest absolute Gasteiger partial charge is 0.435 e. The van der Waals surface area contributed by atoms with Gasteiger partial charge in [0.2, 0.25) is 5.91 Å². The largest absolute Gasteiger partial charge is 0.489 e. The number of furan rings is 1. The second kappa shape index (κ2) is 8.43. The van der Waals surface area contributed by atoms with Crippen LogP contribution in [0.4, 0.5) is 13.2 Å². The molecule has 9 nitrogen and oxygen atoms in total. The molecule has 4 N–H and O–H groups in total. The second-order valence-corrected chi connectivity index (χ2v) is 7.79. The summed E-state index contributed by atoms with van der Waals surface area (Å²) in [6, 6.07) is 4.51. The molecule has 1 fully saturated rings. The second-order valence-electron chi connectivity index (χ2n) is 7.79. The van der Waals surface area contributed by atoms with Gasteiger partial charge in [-0.15, -0.1) is 0 Å². The molecule has 176 valence electrons. The van der Waals surface area contributed by atoms with Gasteiger partial charge in [-0.25, -0.2) is 0 Å². The first-order valence-corrected chi connectivity index (χ1v) is 10.1. The molecule has 0 saturated carbocycles. The topological polar surface area (TPSA) is 129 Å². The highest BCUT2D eigenvalue weighted by molar-refractivity contribution is 6.09. The maximum absolute atomic E-state index is 13.1. The Labute approximate surface area is 185 Å². The molecule has 1 aliphatic heterocycles. The summed E-state index contributed by atoms with van der Waals surface area (Å²) in [5.41, 5.74) is -2.19. The van der Waals surface area contributed by atoms with Crippen LogP contribution in [-0.4, -0.2) is 45.8 Å². The number of alkyl halides is 3. The van der Waals surface area contributed by atoms with E-state index in [2.05, 4.69) is 20.8 Å². The monoisotopic (exact) mass is 466 g/mol. The number of aliphatic hydroxyl groups is 1. The van der Waals surface area contributed by atoms with E-state index < -0.39 is 42.4 Å². The molecule has 1 saturated heterocycles. The predicted molar refractivity (Wildman–Crippen MR) is 108 cm³/mol. The number of hydrogen-bond acceptors (Lipinski definition) is 6. The number of aromatic amines is 1. The summed E-state index contributed by atoms with van der Waals surface area (Å²) in [4.78, 5) is 25.4. The van der Waals surface area contributed by atoms with Crippen molar-refractivity contribution in [2.45, 2.75) is 38.1 Å². The molecule has 0 bridgehead atoms. The minimum Gasteiger partial charge on any atom is -0.489 e. The number of ether oxygens (including phenoxy) is 1. The standard InChI is InChI=1S/C21H21F3N4O5/c1-11-16(18(30)27-20(10-29)5-2-6-25-19(20)31)14-7-13(3-4-15(14)33-11)32-9-12-8-26-28-17(12)21(22,23)24/h3-4,7-8,29H,2,5-6,9-10H2,1H3,(H,25,31)(H,26,28)(H,27,30). The Balaban J connectivity index is 1.59. The number of nitrogens with one attached hydrogen (secondary N) is 3. The number of nitrogens with zero attached hydrogens (tertiary/aromatic N) is 1. The van der Waals surface area contributed by atoms with E-state index in [1.165, 1.54) is 18.2 Å². The number of piperidine rings is 1. The summed E-state index contributed by atoms with van der Waals surface area (Å²) in [7, 11) is 0. The number of carbonyl (C=O) groups is 2. The summed E-state index contributed by atoms with van der Waals surface area (Å²) < 4.78 is 50.1. The molecular formula is C21H21F3N4O5. The number of fused-ring (bicyclic) bond motifs is 1. The first-order valence-electron chi connectivity index (χ1n) is 10.1. The third-order valence-electron chi connectivity index (χ3n) is 5.57. The van der Waals surface area contributed by atoms with Crippen molar-refractivity contribution in [3.05, 3.63) is 47.0 Å². The summed E-state index contributed by atoms with van der Waals surface area (Å²) in [5.74, 6) is -0.611. The van der Waals surface area contributed by atoms with E-state index in [0.717, 1.165) is 6.20 Å². The van der Waals surface area contributed by atoms with Crippen molar-refractivity contribution in [2.75, 3.05) is 13.2 Å². The SMILES string of the molecule is Cc1oc2ccc(OCc3c[nH]nc3C(F)(F)F)cc2c1C(=O)NC1(CO)CCCNC1=O. The first-order chi connectivity index (χ1) is 15.6. The average molecular weight is 466 g/mol. The van der Waals surface area contributed by atoms with E-state index in [4.69, 9.17) is 9.15 Å². The molecule has 3 heterocycles. The number of carbonyl (C=O) groups excluding carboxylic acids is 2. The fraction of sp³-hybridized carbons (Fsp3) is 0.381. The number of aromatic nitrogens is 2. The van der Waals surface area contributed by atoms with Gasteiger partial charge in [-0.05, 0) is 38.0 Å². The van der Waals surface area contributed by atoms with Gasteiger partial charge in [0, 0.05) is 23.7 Å². The number of rotatable bonds is 6. The van der Waals surface area contributed by atoms with E-state index in [-0.39, 0.29) is 29.1 Å². The van der Waals surface area contributed by atoms with Gasteiger partial charge in [0.05, 0.1) is 12.2 Å². The molecule has 3 aromatic rings. The fourth-order valence-corrected chi connectivity index (χ4v) is 3.87. The maximum Gasteiger partial charge on any atom is 0.435 e. The van der Waals surface area contributed by atoms with Gasteiger partial charge in [-0.1, -0.05) is 0 Å². The summed E-state index contributed by atoms with van der Waals surface area (Å²) in [5, 5.41) is 20.8. The Hall–Kier alpha value is -3.54. The zero-order valence-electron chi connectivity index (χ0n) is 17.5. The lowest BCUT2D eigenvalue weighted by Gasteiger charge is -2.35. The van der Waals surface area contributed by atoms with Crippen molar-refractivity contribution in [3.8, 4) is 5.75 Å². The van der Waals surface area contributed by atoms with Crippen LogP contribution in [0, 0.1) is 6.92 Å². The molecule has 0 radical (unpaired) electrons. The zero-order chi connectivity index (χ0) is 23.8. The third kappa shape index (κ3) is 4.25. The Morgan fingerprint density at radius 1 is 1.39 bits per heavy atom. The van der Waals surface area contributed by atoms with Crippen LogP contribution >= 0.6 is 0 Å². The summed E-state index contributed by atoms with van der Waals surface area (Å²) in [6.45, 7) is 1.06. The third-order valence-corrected chi connectivity index (χ3v) is 5.57. The lowest BCUT2D eigenvalue weighted by atomic mass is 9.89. The molecule has 2 aromatic heterocycles. The number of benzene rings is 1. The Morgan fingerprint density at radius 2 is 2.18 bits per heavy atom. The van der Waals surface area contributed by atoms with Crippen LogP contribution in [0.2, 0.25) is 0 Å². The highest BCUT2D eigenvalue weighted by atomic mass is 19.4. The van der Waals surface area contributed by atoms with Gasteiger partial charge >= 0.3 is 6.18 Å². The van der Waals surface area contributed by atoms with E-state index >= 15 is 0 Å². The van der Waals surface area contributed by atoms with Gasteiger partial charge in [-0.2, -0.15) is 18.3 Å². The van der Waals surface area contributed by atoms with Gasteiger partial charge in [0.25, 0.3) is 5.91 Å². The van der Waals surface area contributed by atoms with Crippen LogP contribution in [0.15, 0.2) is 28.8 Å². The zero-order valence-corrected chi connectivity index (χ0v) is 17.5. The van der Waals surface area contributed by atoms with E-state index in [9.17, 15) is 27.9 Å². The Bertz CT molecular complexity index is 1200. The quantitative estimate of drug-likeness (QED) is 0.442. The minimum atomic E-state index is -4.62. The van der Waals surface area contributed by atoms with Crippen molar-refractivity contribution >= 4 is 22.8 Å². The molecule has 1 aromatic carbocycles. The number of aryl methyl sites for hydroxylation is 1. The number of aliphatic hydroxyl groups excluding tert-OH is 1. The average Bonchev–Trinajstić information content (AvgIpc) is 3.37. The molecule has 4 rings (SSSR count). The molecule has 1 unspecified atom stereocenters. The highest BCUT2D eigenvalue weighted by Gasteiger charge is 2.42. The van der Waals surface area contributed by atoms with E-state index in [0.29, 0.717) is 23.9 Å². The number of halogens is 3. The van der Waals surface area contributed by atoms with Crippen LogP contribution in [0.1, 0.15) is 40.2 Å². The minimum absolute atomic E-state index is 0.140. The fourth-order valence-electron chi connectivity index (χ4n) is 3.87. The molecule has 1 aliphatic rings. The van der Waals surface area contributed by atoms with Crippen LogP contribution in [-0.2, 0) is 17.6 Å². The number of H-pyrrole nitrogens is 1. The normalized spacial score (nSPS) is 18.9. The lowest BCUT2D eigenvalue weighted by Crippen LogP contribution is -2.63. The van der Waals surface area contributed by atoms with Crippen LogP contribution in [0.3, 0.4) is 0 Å². The summed E-state index contributed by atoms with van der Waals surface area (Å²) in [6.07, 6.45) is -2.66. The lowest BCUT2D eigenvalue weighted by molar-refractivity contribution is -0.142. The highest BCUT2D eigenvalue weighted by Crippen LogP contribution is 2.32. The van der Waals surface area contributed by atoms with Crippen molar-refractivity contribution in [3.63, 3.8) is 0 Å². The first kappa shape index (κ1) is 22.6. The molecular weight excluding hydrogens is 445 g/mol. The van der Waals surface area contributed by atoms with Gasteiger partial charge in [0.15, 0.2) is 5.69 Å². The van der Waals surface area contributed by atoms with Crippen LogP contribution < -0.4 is 15.4 Å². The molecule has 2 amide bonds. The maximum atomic E-state index is 13.1. The Morgan fingerprint density at radius 3 is 2.88 bits per heavy atom. The molecule has 0 aliphatic carbocycles. The van der Waals surface area contributed by atoms with E-state index in [1.54, 1.807) is 6.92 Å². The summed E-state index contributed by atoms with van der Waals surface area (Å²) >= 11 is 0. The Kier molecular flexibility index (Phi) is 5.78. The predicted octanol–water partition coefficient (Wildman–Crippen LogP) is 2.43. The van der Waals surface area contributed by atoms with Crippen molar-refractivity contribution in [1.29, 1.82) is 0 Å². The van der Waals surface area contributed by atoms with Crippen molar-refractivity contribution < 1.29 is 37.0 Å². The number of hydrogen-bond donors (Lipinski definition) is 4. The van der Waals surface area contributed by atoms with Crippen molar-refractivity contribution in [1.82, 2.24) is 20.8 Å². The molecule has 0 spiro atoms. The van der Waals surface area contributed by atoms with Crippen LogP contribution in [0.25, 0.3) is 11.0 Å². The van der Waals surface area contributed by atoms with Crippen LogP contribution in [0.5, 0.6) is 5.75 Å². The molecule has 1 atom stereocenters. The number of amides is 2. The van der Waals surface area contributed by atoms with E-state index in [1.807, 2.05) is 0 Å².